The number of likely N-dealkylation sites (N-methyl/N-ethyl adjacent to an activating group) is 2. The number of carbonyl (C=O) groups is 2. The van der Waals surface area contributed by atoms with E-state index in [1.54, 1.807) is 31.5 Å². The zero-order valence-electron chi connectivity index (χ0n) is 15.2. The second-order valence-electron chi connectivity index (χ2n) is 5.03. The predicted molar refractivity (Wildman–Crippen MR) is 105 cm³/mol. The third kappa shape index (κ3) is 7.08. The third-order valence-electron chi connectivity index (χ3n) is 3.15. The number of nitrogens with one attached hydrogen (secondary N) is 3. The van der Waals surface area contributed by atoms with Gasteiger partial charge in [0, 0.05) is 32.1 Å². The molecule has 1 heterocycles. The number of hydrogen-bond acceptors (Lipinski definition) is 5. The Labute approximate surface area is 153 Å². The molecule has 0 saturated heterocycles. The molecule has 8 nitrogen and oxygen atoms in total. The molecule has 0 atom stereocenters. The van der Waals surface area contributed by atoms with Crippen molar-refractivity contribution in [3.05, 3.63) is 41.9 Å². The summed E-state index contributed by atoms with van der Waals surface area (Å²) in [4.78, 5) is 35.3. The van der Waals surface area contributed by atoms with Gasteiger partial charge in [0.2, 0.25) is 5.91 Å². The van der Waals surface area contributed by atoms with Crippen LogP contribution in [0.3, 0.4) is 0 Å². The quantitative estimate of drug-likeness (QED) is 0.372. The van der Waals surface area contributed by atoms with Crippen LogP contribution in [0.15, 0.2) is 46.3 Å². The lowest BCUT2D eigenvalue weighted by molar-refractivity contribution is -0.117. The average Bonchev–Trinajstić information content (AvgIpc) is 2.66. The number of anilines is 1. The number of nitrogens with zero attached hydrogens (tertiary/aromatic N) is 3. The smallest absolute Gasteiger partial charge is 0.269 e. The van der Waals surface area contributed by atoms with Crippen molar-refractivity contribution in [3.8, 4) is 0 Å². The Hall–Kier alpha value is -3.29. The lowest BCUT2D eigenvalue weighted by Gasteiger charge is -2.07. The van der Waals surface area contributed by atoms with E-state index in [9.17, 15) is 9.59 Å². The van der Waals surface area contributed by atoms with Crippen molar-refractivity contribution in [2.45, 2.75) is 13.8 Å². The minimum atomic E-state index is -0.298. The highest BCUT2D eigenvalue weighted by Crippen LogP contribution is 2.10. The zero-order valence-corrected chi connectivity index (χ0v) is 15.2. The Kier molecular flexibility index (Phi) is 9.02. The number of amidine groups is 1. The summed E-state index contributed by atoms with van der Waals surface area (Å²) < 4.78 is 0. The van der Waals surface area contributed by atoms with Crippen LogP contribution in [0.1, 0.15) is 19.4 Å². The second kappa shape index (κ2) is 11.3. The van der Waals surface area contributed by atoms with E-state index >= 15 is 0 Å². The van der Waals surface area contributed by atoms with Crippen molar-refractivity contribution < 1.29 is 9.59 Å². The summed E-state index contributed by atoms with van der Waals surface area (Å²) in [6.45, 7) is 7.89. The second-order valence-corrected chi connectivity index (χ2v) is 5.03. The Morgan fingerprint density at radius 1 is 1.35 bits per heavy atom. The maximum Gasteiger partial charge on any atom is 0.269 e. The Balaban J connectivity index is 2.79. The van der Waals surface area contributed by atoms with Crippen LogP contribution < -0.4 is 16.0 Å². The summed E-state index contributed by atoms with van der Waals surface area (Å²) in [6.07, 6.45) is 8.00. The number of pyridine rings is 1. The van der Waals surface area contributed by atoms with Crippen LogP contribution in [0.25, 0.3) is 6.08 Å². The van der Waals surface area contributed by atoms with Gasteiger partial charge in [0.25, 0.3) is 5.91 Å². The van der Waals surface area contributed by atoms with Crippen molar-refractivity contribution in [2.75, 3.05) is 25.5 Å². The van der Waals surface area contributed by atoms with E-state index in [2.05, 4.69) is 37.6 Å². The minimum absolute atomic E-state index is 0.163. The highest BCUT2D eigenvalue weighted by atomic mass is 16.2. The van der Waals surface area contributed by atoms with Gasteiger partial charge in [0.1, 0.15) is 11.5 Å². The van der Waals surface area contributed by atoms with E-state index in [0.717, 1.165) is 11.3 Å². The molecule has 1 rings (SSSR count). The number of allylic oxidation sites excluding steroid dienone is 1. The van der Waals surface area contributed by atoms with Gasteiger partial charge in [-0.05, 0) is 38.3 Å². The Bertz CT molecular complexity index is 737. The van der Waals surface area contributed by atoms with Gasteiger partial charge in [-0.3, -0.25) is 14.6 Å². The number of rotatable bonds is 8. The van der Waals surface area contributed by atoms with Crippen LogP contribution in [0.5, 0.6) is 0 Å². The van der Waals surface area contributed by atoms with Gasteiger partial charge < -0.3 is 16.0 Å². The summed E-state index contributed by atoms with van der Waals surface area (Å²) in [7, 11) is 1.53. The molecule has 3 N–H and O–H groups in total. The summed E-state index contributed by atoms with van der Waals surface area (Å²) in [5, 5.41) is 8.31. The number of aliphatic imine (C=N–C) groups is 2. The van der Waals surface area contributed by atoms with Crippen molar-refractivity contribution in [3.63, 3.8) is 0 Å². The summed E-state index contributed by atoms with van der Waals surface area (Å²) in [5.41, 5.74) is 1.75. The molecule has 0 unspecified atom stereocenters. The maximum absolute atomic E-state index is 11.7. The van der Waals surface area contributed by atoms with Gasteiger partial charge in [-0.15, -0.1) is 0 Å². The van der Waals surface area contributed by atoms with Crippen LogP contribution in [-0.2, 0) is 9.59 Å². The molecule has 1 aromatic rings. The first-order chi connectivity index (χ1) is 12.5. The molecule has 0 spiro atoms. The fourth-order valence-corrected chi connectivity index (χ4v) is 1.88. The molecule has 0 bridgehead atoms. The molecular formula is C18H24N6O2. The number of hydrogen-bond donors (Lipinski definition) is 3. The number of carbonyl (C=O) groups excluding carboxylic acids is 2. The molecule has 0 saturated carbocycles. The van der Waals surface area contributed by atoms with E-state index in [4.69, 9.17) is 0 Å². The first-order valence-corrected chi connectivity index (χ1v) is 8.11. The SMILES string of the molecule is C=NC(CNc1cncc(/C=C/C(=O)NCC)c1)=N/C(=C\C)C(=O)NC. The van der Waals surface area contributed by atoms with E-state index in [-0.39, 0.29) is 24.1 Å². The lowest BCUT2D eigenvalue weighted by atomic mass is 10.2. The third-order valence-corrected chi connectivity index (χ3v) is 3.15. The van der Waals surface area contributed by atoms with Crippen LogP contribution in [0, 0.1) is 0 Å². The minimum Gasteiger partial charge on any atom is -0.376 e. The zero-order chi connectivity index (χ0) is 19.4. The van der Waals surface area contributed by atoms with Crippen molar-refractivity contribution in [1.29, 1.82) is 0 Å². The molecular weight excluding hydrogens is 332 g/mol. The monoisotopic (exact) mass is 356 g/mol. The molecule has 0 aliphatic rings. The first-order valence-electron chi connectivity index (χ1n) is 8.11. The van der Waals surface area contributed by atoms with Crippen LogP contribution in [0.4, 0.5) is 5.69 Å². The largest absolute Gasteiger partial charge is 0.376 e. The van der Waals surface area contributed by atoms with Crippen LogP contribution >= 0.6 is 0 Å². The molecule has 0 aliphatic heterocycles. The topological polar surface area (TPSA) is 108 Å². The lowest BCUT2D eigenvalue weighted by Crippen LogP contribution is -2.21. The van der Waals surface area contributed by atoms with Gasteiger partial charge in [-0.1, -0.05) is 6.08 Å². The van der Waals surface area contributed by atoms with Gasteiger partial charge in [0.15, 0.2) is 0 Å². The summed E-state index contributed by atoms with van der Waals surface area (Å²) >= 11 is 0. The highest BCUT2D eigenvalue weighted by molar-refractivity contribution is 5.98. The van der Waals surface area contributed by atoms with Crippen LogP contribution in [0.2, 0.25) is 0 Å². The molecule has 0 aromatic carbocycles. The molecule has 26 heavy (non-hydrogen) atoms. The van der Waals surface area contributed by atoms with Gasteiger partial charge in [0.05, 0.1) is 12.2 Å². The molecule has 0 fully saturated rings. The average molecular weight is 356 g/mol. The predicted octanol–water partition coefficient (Wildman–Crippen LogP) is 1.39. The highest BCUT2D eigenvalue weighted by Gasteiger charge is 2.06. The fourth-order valence-electron chi connectivity index (χ4n) is 1.88. The van der Waals surface area contributed by atoms with Gasteiger partial charge >= 0.3 is 0 Å². The molecule has 2 amide bonds. The van der Waals surface area contributed by atoms with Gasteiger partial charge in [-0.25, -0.2) is 9.98 Å². The fraction of sp³-hybridized carbons (Fsp3) is 0.278. The standard InChI is InChI=1S/C18H24N6O2/c1-5-15(18(26)20-4)24-16(19-3)12-23-14-9-13(10-21-11-14)7-8-17(25)22-6-2/h5,7-11,23H,3,6,12H2,1-2,4H3,(H,20,26)(H,22,25)/b8-7+,15-5-,24-16?. The molecule has 0 radical (unpaired) electrons. The summed E-state index contributed by atoms with van der Waals surface area (Å²) in [5.74, 6) is -0.0954. The molecule has 8 heteroatoms. The molecule has 1 aromatic heterocycles. The van der Waals surface area contributed by atoms with E-state index < -0.39 is 0 Å². The summed E-state index contributed by atoms with van der Waals surface area (Å²) in [6, 6.07) is 1.83. The van der Waals surface area contributed by atoms with Crippen molar-refractivity contribution in [1.82, 2.24) is 15.6 Å². The maximum atomic E-state index is 11.7. The normalized spacial score (nSPS) is 12.0. The Morgan fingerprint density at radius 2 is 2.12 bits per heavy atom. The van der Waals surface area contributed by atoms with Gasteiger partial charge in [-0.2, -0.15) is 0 Å². The van der Waals surface area contributed by atoms with Crippen LogP contribution in [-0.4, -0.2) is 49.5 Å². The first kappa shape index (κ1) is 20.8. The van der Waals surface area contributed by atoms with E-state index in [1.807, 2.05) is 13.0 Å². The van der Waals surface area contributed by atoms with Crippen molar-refractivity contribution >= 4 is 36.1 Å². The molecule has 138 valence electrons. The van der Waals surface area contributed by atoms with E-state index in [1.165, 1.54) is 13.1 Å². The number of aromatic nitrogens is 1. The Morgan fingerprint density at radius 3 is 2.73 bits per heavy atom. The molecule has 0 aliphatic carbocycles. The number of amides is 2. The van der Waals surface area contributed by atoms with Crippen molar-refractivity contribution in [2.24, 2.45) is 9.98 Å². The van der Waals surface area contributed by atoms with E-state index in [0.29, 0.717) is 12.4 Å².